The van der Waals surface area contributed by atoms with Crippen molar-refractivity contribution < 1.29 is 18.7 Å². The number of nitrogens with one attached hydrogen (secondary N) is 1. The highest BCUT2D eigenvalue weighted by molar-refractivity contribution is 9.10. The second kappa shape index (κ2) is 6.56. The minimum atomic E-state index is -0.329. The number of rotatable bonds is 3. The van der Waals surface area contributed by atoms with Gasteiger partial charge in [0.25, 0.3) is 5.91 Å². The third-order valence-corrected chi connectivity index (χ3v) is 4.07. The van der Waals surface area contributed by atoms with Crippen LogP contribution < -0.4 is 14.8 Å². The molecule has 25 heavy (non-hydrogen) atoms. The molecule has 8 heteroatoms. The van der Waals surface area contributed by atoms with Crippen LogP contribution in [0.15, 0.2) is 51.4 Å². The van der Waals surface area contributed by atoms with Crippen LogP contribution in [0.4, 0.5) is 6.01 Å². The normalized spacial score (nSPS) is 12.7. The molecule has 0 saturated carbocycles. The molecule has 2 aromatic carbocycles. The molecule has 1 aliphatic heterocycles. The lowest BCUT2D eigenvalue weighted by atomic mass is 10.2. The molecule has 0 unspecified atom stereocenters. The van der Waals surface area contributed by atoms with E-state index in [0.29, 0.717) is 35.8 Å². The van der Waals surface area contributed by atoms with Crippen molar-refractivity contribution in [1.29, 1.82) is 0 Å². The first-order valence-electron chi connectivity index (χ1n) is 7.49. The third kappa shape index (κ3) is 3.34. The maximum Gasteiger partial charge on any atom is 0.322 e. The summed E-state index contributed by atoms with van der Waals surface area (Å²) in [6.07, 6.45) is 0. The fourth-order valence-corrected chi connectivity index (χ4v) is 2.60. The number of nitrogens with zero attached hydrogens (tertiary/aromatic N) is 2. The Bertz CT molecular complexity index is 924. The van der Waals surface area contributed by atoms with Crippen LogP contribution in [-0.2, 0) is 0 Å². The van der Waals surface area contributed by atoms with Gasteiger partial charge in [-0.1, -0.05) is 21.0 Å². The number of fused-ring (bicyclic) bond motifs is 1. The molecule has 0 aliphatic carbocycles. The van der Waals surface area contributed by atoms with E-state index < -0.39 is 0 Å². The molecule has 1 amide bonds. The summed E-state index contributed by atoms with van der Waals surface area (Å²) in [5, 5.41) is 10.4. The zero-order valence-electron chi connectivity index (χ0n) is 12.9. The van der Waals surface area contributed by atoms with E-state index in [-0.39, 0.29) is 17.8 Å². The van der Waals surface area contributed by atoms with Gasteiger partial charge >= 0.3 is 6.01 Å². The molecular weight excluding hydrogens is 390 g/mol. The van der Waals surface area contributed by atoms with Crippen LogP contribution in [-0.4, -0.2) is 29.3 Å². The highest BCUT2D eigenvalue weighted by atomic mass is 79.9. The van der Waals surface area contributed by atoms with Crippen molar-refractivity contribution in [1.82, 2.24) is 10.2 Å². The number of hydrogen-bond donors (Lipinski definition) is 1. The van der Waals surface area contributed by atoms with E-state index in [1.54, 1.807) is 42.5 Å². The molecule has 0 atom stereocenters. The van der Waals surface area contributed by atoms with Crippen molar-refractivity contribution in [3.63, 3.8) is 0 Å². The number of ether oxygens (including phenoxy) is 2. The average Bonchev–Trinajstić information content (AvgIpc) is 3.10. The first-order valence-corrected chi connectivity index (χ1v) is 8.29. The highest BCUT2D eigenvalue weighted by Crippen LogP contribution is 2.34. The van der Waals surface area contributed by atoms with E-state index in [4.69, 9.17) is 13.9 Å². The number of aromatic nitrogens is 2. The van der Waals surface area contributed by atoms with Gasteiger partial charge in [0.1, 0.15) is 13.2 Å². The van der Waals surface area contributed by atoms with Gasteiger partial charge in [0.05, 0.1) is 0 Å². The fraction of sp³-hybridized carbons (Fsp3) is 0.118. The Labute approximate surface area is 151 Å². The van der Waals surface area contributed by atoms with Gasteiger partial charge in [0.2, 0.25) is 5.89 Å². The van der Waals surface area contributed by atoms with Crippen LogP contribution in [0.2, 0.25) is 0 Å². The van der Waals surface area contributed by atoms with Gasteiger partial charge in [-0.3, -0.25) is 10.1 Å². The van der Waals surface area contributed by atoms with Crippen molar-refractivity contribution in [2.75, 3.05) is 18.5 Å². The van der Waals surface area contributed by atoms with Gasteiger partial charge in [-0.05, 0) is 42.5 Å². The van der Waals surface area contributed by atoms with E-state index >= 15 is 0 Å². The molecule has 0 radical (unpaired) electrons. The van der Waals surface area contributed by atoms with Crippen LogP contribution in [0.25, 0.3) is 11.5 Å². The number of anilines is 1. The summed E-state index contributed by atoms with van der Waals surface area (Å²) in [6, 6.07) is 12.3. The van der Waals surface area contributed by atoms with Crippen molar-refractivity contribution in [2.24, 2.45) is 0 Å². The number of halogens is 1. The smallest absolute Gasteiger partial charge is 0.322 e. The largest absolute Gasteiger partial charge is 0.486 e. The summed E-state index contributed by atoms with van der Waals surface area (Å²) in [4.78, 5) is 12.2. The quantitative estimate of drug-likeness (QED) is 0.722. The molecular formula is C17H12BrN3O4. The third-order valence-electron chi connectivity index (χ3n) is 3.54. The van der Waals surface area contributed by atoms with Crippen LogP contribution in [0, 0.1) is 0 Å². The van der Waals surface area contributed by atoms with Crippen molar-refractivity contribution in [3.05, 3.63) is 52.5 Å². The van der Waals surface area contributed by atoms with Gasteiger partial charge in [0.15, 0.2) is 11.5 Å². The minimum Gasteiger partial charge on any atom is -0.486 e. The zero-order chi connectivity index (χ0) is 17.2. The van der Waals surface area contributed by atoms with Gasteiger partial charge < -0.3 is 13.9 Å². The molecule has 1 aromatic heterocycles. The van der Waals surface area contributed by atoms with Crippen molar-refractivity contribution >= 4 is 27.9 Å². The molecule has 1 N–H and O–H groups in total. The van der Waals surface area contributed by atoms with E-state index in [2.05, 4.69) is 31.4 Å². The summed E-state index contributed by atoms with van der Waals surface area (Å²) >= 11 is 3.32. The lowest BCUT2D eigenvalue weighted by Crippen LogP contribution is -2.15. The fourth-order valence-electron chi connectivity index (χ4n) is 2.34. The van der Waals surface area contributed by atoms with Crippen molar-refractivity contribution in [3.8, 4) is 23.0 Å². The van der Waals surface area contributed by atoms with Gasteiger partial charge in [-0.25, -0.2) is 0 Å². The second-order valence-corrected chi connectivity index (χ2v) is 6.15. The van der Waals surface area contributed by atoms with Crippen LogP contribution >= 0.6 is 15.9 Å². The van der Waals surface area contributed by atoms with E-state index in [1.165, 1.54) is 0 Å². The maximum atomic E-state index is 12.2. The Morgan fingerprint density at radius 2 is 1.76 bits per heavy atom. The first-order chi connectivity index (χ1) is 12.2. The van der Waals surface area contributed by atoms with Gasteiger partial charge in [-0.2, -0.15) is 0 Å². The Morgan fingerprint density at radius 1 is 1.00 bits per heavy atom. The Morgan fingerprint density at radius 3 is 2.56 bits per heavy atom. The second-order valence-electron chi connectivity index (χ2n) is 5.23. The number of hydrogen-bond acceptors (Lipinski definition) is 6. The highest BCUT2D eigenvalue weighted by Gasteiger charge is 2.16. The summed E-state index contributed by atoms with van der Waals surface area (Å²) in [5.74, 6) is 1.26. The number of carbonyl (C=O) groups excluding carboxylic acids is 1. The average molecular weight is 402 g/mol. The Hall–Kier alpha value is -2.87. The monoisotopic (exact) mass is 401 g/mol. The maximum absolute atomic E-state index is 12.2. The summed E-state index contributed by atoms with van der Waals surface area (Å²) in [7, 11) is 0. The predicted octanol–water partition coefficient (Wildman–Crippen LogP) is 3.52. The molecule has 1 aliphatic rings. The summed E-state index contributed by atoms with van der Waals surface area (Å²) in [5.41, 5.74) is 1.17. The molecule has 2 heterocycles. The molecule has 0 spiro atoms. The SMILES string of the molecule is O=C(Nc1nnc(-c2ccc3c(c2)OCCO3)o1)c1ccc(Br)cc1. The lowest BCUT2D eigenvalue weighted by Gasteiger charge is -2.18. The Kier molecular flexibility index (Phi) is 4.10. The Balaban J connectivity index is 1.52. The lowest BCUT2D eigenvalue weighted by molar-refractivity contribution is 0.102. The van der Waals surface area contributed by atoms with E-state index in [1.807, 2.05) is 0 Å². The molecule has 4 rings (SSSR count). The van der Waals surface area contributed by atoms with Crippen LogP contribution in [0.3, 0.4) is 0 Å². The topological polar surface area (TPSA) is 86.5 Å². The molecule has 0 saturated heterocycles. The van der Waals surface area contributed by atoms with Gasteiger partial charge in [0, 0.05) is 15.6 Å². The summed E-state index contributed by atoms with van der Waals surface area (Å²) < 4.78 is 17.4. The minimum absolute atomic E-state index is 0.0257. The van der Waals surface area contributed by atoms with Crippen molar-refractivity contribution in [2.45, 2.75) is 0 Å². The van der Waals surface area contributed by atoms with E-state index in [9.17, 15) is 4.79 Å². The zero-order valence-corrected chi connectivity index (χ0v) is 14.4. The molecule has 7 nitrogen and oxygen atoms in total. The van der Waals surface area contributed by atoms with Crippen LogP contribution in [0.1, 0.15) is 10.4 Å². The number of benzene rings is 2. The van der Waals surface area contributed by atoms with Gasteiger partial charge in [-0.15, -0.1) is 5.10 Å². The molecule has 3 aromatic rings. The predicted molar refractivity (Wildman–Crippen MR) is 92.8 cm³/mol. The standard InChI is InChI=1S/C17H12BrN3O4/c18-12-4-1-10(2-5-12)15(22)19-17-21-20-16(25-17)11-3-6-13-14(9-11)24-8-7-23-13/h1-6,9H,7-8H2,(H,19,21,22). The first kappa shape index (κ1) is 15.6. The molecule has 0 bridgehead atoms. The molecule has 0 fully saturated rings. The summed E-state index contributed by atoms with van der Waals surface area (Å²) in [6.45, 7) is 1.02. The number of carbonyl (C=O) groups is 1. The molecule has 126 valence electrons. The van der Waals surface area contributed by atoms with E-state index in [0.717, 1.165) is 4.47 Å². The number of amides is 1. The van der Waals surface area contributed by atoms with Crippen LogP contribution in [0.5, 0.6) is 11.5 Å².